The highest BCUT2D eigenvalue weighted by atomic mass is 16.4. The molecule has 0 aliphatic heterocycles. The number of hydrogen-bond acceptors (Lipinski definition) is 5. The first kappa shape index (κ1) is 17.0. The van der Waals surface area contributed by atoms with Gasteiger partial charge in [-0.1, -0.05) is 6.07 Å². The average molecular weight is 271 g/mol. The Morgan fingerprint density at radius 1 is 0.947 bits per heavy atom. The zero-order valence-corrected chi connectivity index (χ0v) is 10.2. The summed E-state index contributed by atoms with van der Waals surface area (Å²) in [6.07, 6.45) is 0. The minimum absolute atomic E-state index is 0.0186. The van der Waals surface area contributed by atoms with Gasteiger partial charge >= 0.3 is 11.9 Å². The predicted molar refractivity (Wildman–Crippen MR) is 67.4 cm³/mol. The third-order valence-corrected chi connectivity index (χ3v) is 1.93. The summed E-state index contributed by atoms with van der Waals surface area (Å²) in [5, 5.41) is 36.1. The molecule has 0 bridgehead atoms. The van der Waals surface area contributed by atoms with E-state index in [0.29, 0.717) is 13.1 Å². The van der Waals surface area contributed by atoms with Crippen LogP contribution < -0.4 is 5.32 Å². The molecule has 1 aromatic carbocycles. The lowest BCUT2D eigenvalue weighted by molar-refractivity contribution is 0.0696. The van der Waals surface area contributed by atoms with Crippen molar-refractivity contribution in [3.63, 3.8) is 0 Å². The number of rotatable bonds is 6. The molecule has 106 valence electrons. The molecule has 19 heavy (non-hydrogen) atoms. The van der Waals surface area contributed by atoms with Crippen molar-refractivity contribution in [3.05, 3.63) is 35.4 Å². The van der Waals surface area contributed by atoms with Crippen molar-refractivity contribution < 1.29 is 30.0 Å². The molecule has 0 aromatic heterocycles. The second-order valence-electron chi connectivity index (χ2n) is 3.39. The molecule has 0 aliphatic rings. The Labute approximate surface area is 110 Å². The van der Waals surface area contributed by atoms with Gasteiger partial charge in [-0.05, 0) is 18.2 Å². The summed E-state index contributed by atoms with van der Waals surface area (Å²) in [4.78, 5) is 20.8. The van der Waals surface area contributed by atoms with Gasteiger partial charge < -0.3 is 25.7 Å². The highest BCUT2D eigenvalue weighted by Gasteiger charge is 2.06. The molecule has 0 saturated heterocycles. The number of nitrogens with one attached hydrogen (secondary N) is 1. The van der Waals surface area contributed by atoms with E-state index in [4.69, 9.17) is 20.4 Å². The Bertz CT molecular complexity index is 374. The molecule has 1 rings (SSSR count). The minimum atomic E-state index is -1.13. The molecule has 7 heteroatoms. The van der Waals surface area contributed by atoms with Crippen molar-refractivity contribution in [1.82, 2.24) is 5.32 Å². The molecule has 7 nitrogen and oxygen atoms in total. The van der Waals surface area contributed by atoms with E-state index in [0.717, 1.165) is 6.07 Å². The van der Waals surface area contributed by atoms with Crippen molar-refractivity contribution in [1.29, 1.82) is 0 Å². The fraction of sp³-hybridized carbons (Fsp3) is 0.333. The predicted octanol–water partition coefficient (Wildman–Crippen LogP) is -0.356. The van der Waals surface area contributed by atoms with Crippen molar-refractivity contribution in [2.24, 2.45) is 0 Å². The van der Waals surface area contributed by atoms with E-state index in [2.05, 4.69) is 5.32 Å². The average Bonchev–Trinajstić information content (AvgIpc) is 2.40. The van der Waals surface area contributed by atoms with Crippen LogP contribution in [-0.4, -0.2) is 58.7 Å². The van der Waals surface area contributed by atoms with Gasteiger partial charge in [0, 0.05) is 13.1 Å². The van der Waals surface area contributed by atoms with E-state index in [1.54, 1.807) is 0 Å². The summed E-state index contributed by atoms with van der Waals surface area (Å²) < 4.78 is 0. The van der Waals surface area contributed by atoms with Crippen LogP contribution >= 0.6 is 0 Å². The van der Waals surface area contributed by atoms with Gasteiger partial charge in [0.1, 0.15) is 0 Å². The lowest BCUT2D eigenvalue weighted by atomic mass is 10.1. The van der Waals surface area contributed by atoms with Crippen molar-refractivity contribution in [2.75, 3.05) is 26.3 Å². The molecule has 0 heterocycles. The van der Waals surface area contributed by atoms with Crippen LogP contribution in [0.3, 0.4) is 0 Å². The van der Waals surface area contributed by atoms with E-state index < -0.39 is 11.9 Å². The van der Waals surface area contributed by atoms with Crippen LogP contribution in [0.2, 0.25) is 0 Å². The van der Waals surface area contributed by atoms with Crippen LogP contribution in [0.25, 0.3) is 0 Å². The molecule has 0 aliphatic carbocycles. The largest absolute Gasteiger partial charge is 0.478 e. The molecule has 0 saturated carbocycles. The highest BCUT2D eigenvalue weighted by molar-refractivity contribution is 5.93. The van der Waals surface area contributed by atoms with E-state index in [9.17, 15) is 9.59 Å². The molecule has 0 unspecified atom stereocenters. The van der Waals surface area contributed by atoms with Gasteiger partial charge in [-0.25, -0.2) is 9.59 Å². The zero-order valence-electron chi connectivity index (χ0n) is 10.2. The molecule has 0 fully saturated rings. The Kier molecular flexibility index (Phi) is 8.98. The van der Waals surface area contributed by atoms with Crippen LogP contribution in [0.4, 0.5) is 0 Å². The van der Waals surface area contributed by atoms with Crippen LogP contribution in [0.15, 0.2) is 24.3 Å². The number of aliphatic hydroxyl groups excluding tert-OH is 2. The van der Waals surface area contributed by atoms with Crippen LogP contribution in [0.5, 0.6) is 0 Å². The summed E-state index contributed by atoms with van der Waals surface area (Å²) in [5.74, 6) is -2.25. The smallest absolute Gasteiger partial charge is 0.335 e. The van der Waals surface area contributed by atoms with E-state index >= 15 is 0 Å². The van der Waals surface area contributed by atoms with E-state index in [-0.39, 0.29) is 24.3 Å². The maximum absolute atomic E-state index is 10.4. The SMILES string of the molecule is O=C(O)c1cccc(C(=O)O)c1.OCCNCCO. The lowest BCUT2D eigenvalue weighted by Gasteiger charge is -1.95. The second kappa shape index (κ2) is 10.0. The Hall–Kier alpha value is -1.96. The van der Waals surface area contributed by atoms with Crippen LogP contribution in [-0.2, 0) is 0 Å². The number of carboxylic acid groups (broad SMARTS) is 2. The van der Waals surface area contributed by atoms with Crippen molar-refractivity contribution >= 4 is 11.9 Å². The molecule has 0 radical (unpaired) electrons. The minimum Gasteiger partial charge on any atom is -0.478 e. The van der Waals surface area contributed by atoms with Crippen molar-refractivity contribution in [3.8, 4) is 0 Å². The first-order chi connectivity index (χ1) is 9.02. The third-order valence-electron chi connectivity index (χ3n) is 1.93. The number of hydrogen-bond donors (Lipinski definition) is 5. The summed E-state index contributed by atoms with van der Waals surface area (Å²) in [6, 6.07) is 5.20. The molecule has 0 atom stereocenters. The third kappa shape index (κ3) is 7.87. The Balaban J connectivity index is 0.000000399. The summed E-state index contributed by atoms with van der Waals surface area (Å²) in [7, 11) is 0. The van der Waals surface area contributed by atoms with Crippen LogP contribution in [0, 0.1) is 0 Å². The van der Waals surface area contributed by atoms with Crippen LogP contribution in [0.1, 0.15) is 20.7 Å². The fourth-order valence-corrected chi connectivity index (χ4v) is 1.07. The van der Waals surface area contributed by atoms with Gasteiger partial charge in [-0.15, -0.1) is 0 Å². The molecular formula is C12H17NO6. The second-order valence-corrected chi connectivity index (χ2v) is 3.39. The molecule has 1 aromatic rings. The number of carbonyl (C=O) groups is 2. The number of benzene rings is 1. The summed E-state index contributed by atoms with van der Waals surface area (Å²) in [6.45, 7) is 1.42. The monoisotopic (exact) mass is 271 g/mol. The quantitative estimate of drug-likeness (QED) is 0.447. The topological polar surface area (TPSA) is 127 Å². The van der Waals surface area contributed by atoms with Gasteiger partial charge in [0.15, 0.2) is 0 Å². The highest BCUT2D eigenvalue weighted by Crippen LogP contribution is 2.04. The Morgan fingerprint density at radius 2 is 1.37 bits per heavy atom. The van der Waals surface area contributed by atoms with Gasteiger partial charge in [0.25, 0.3) is 0 Å². The first-order valence-corrected chi connectivity index (χ1v) is 5.52. The maximum atomic E-state index is 10.4. The van der Waals surface area contributed by atoms with Gasteiger partial charge in [-0.3, -0.25) is 0 Å². The Morgan fingerprint density at radius 3 is 1.68 bits per heavy atom. The molecule has 0 amide bonds. The van der Waals surface area contributed by atoms with E-state index in [1.807, 2.05) is 0 Å². The summed E-state index contributed by atoms with van der Waals surface area (Å²) in [5.41, 5.74) is -0.0372. The lowest BCUT2D eigenvalue weighted by Crippen LogP contribution is -2.21. The van der Waals surface area contributed by atoms with Gasteiger partial charge in [0.05, 0.1) is 24.3 Å². The zero-order chi connectivity index (χ0) is 14.7. The normalized spacial score (nSPS) is 9.37. The molecule has 5 N–H and O–H groups in total. The number of aromatic carboxylic acids is 2. The standard InChI is InChI=1S/C8H6O4.C4H11NO2/c9-7(10)5-2-1-3-6(4-5)8(11)12;6-3-1-5-2-4-7/h1-4H,(H,9,10)(H,11,12);5-7H,1-4H2. The molecular weight excluding hydrogens is 254 g/mol. The first-order valence-electron chi connectivity index (χ1n) is 5.52. The van der Waals surface area contributed by atoms with E-state index in [1.165, 1.54) is 18.2 Å². The molecule has 0 spiro atoms. The van der Waals surface area contributed by atoms with Gasteiger partial charge in [-0.2, -0.15) is 0 Å². The number of carboxylic acids is 2. The number of aliphatic hydroxyl groups is 2. The fourth-order valence-electron chi connectivity index (χ4n) is 1.07. The van der Waals surface area contributed by atoms with Gasteiger partial charge in [0.2, 0.25) is 0 Å². The summed E-state index contributed by atoms with van der Waals surface area (Å²) >= 11 is 0. The van der Waals surface area contributed by atoms with Crippen molar-refractivity contribution in [2.45, 2.75) is 0 Å². The maximum Gasteiger partial charge on any atom is 0.335 e.